The molecule has 0 aromatic heterocycles. The molecule has 1 unspecified atom stereocenters. The van der Waals surface area contributed by atoms with Gasteiger partial charge in [-0.3, -0.25) is 0 Å². The van der Waals surface area contributed by atoms with Gasteiger partial charge in [0.2, 0.25) is 0 Å². The van der Waals surface area contributed by atoms with Gasteiger partial charge in [0, 0.05) is 32.7 Å². The molecule has 0 aromatic carbocycles. The van der Waals surface area contributed by atoms with Crippen molar-refractivity contribution in [3.63, 3.8) is 0 Å². The van der Waals surface area contributed by atoms with Crippen molar-refractivity contribution in [2.45, 2.75) is 26.4 Å². The number of aliphatic hydroxyl groups excluding tert-OH is 1. The SMILES string of the molecule is CCN1CCN(CCC(C)O)CC1. The third-order valence-electron chi connectivity index (χ3n) is 2.78. The zero-order valence-corrected chi connectivity index (χ0v) is 8.87. The predicted octanol–water partition coefficient (Wildman–Crippen LogP) is 0.395. The van der Waals surface area contributed by atoms with E-state index in [4.69, 9.17) is 5.11 Å². The molecule has 0 radical (unpaired) electrons. The third-order valence-corrected chi connectivity index (χ3v) is 2.78. The lowest BCUT2D eigenvalue weighted by molar-refractivity contribution is 0.111. The lowest BCUT2D eigenvalue weighted by Crippen LogP contribution is -2.46. The second-order valence-corrected chi connectivity index (χ2v) is 3.91. The van der Waals surface area contributed by atoms with Crippen LogP contribution in [-0.2, 0) is 0 Å². The maximum atomic E-state index is 9.14. The Morgan fingerprint density at radius 2 is 1.69 bits per heavy atom. The largest absolute Gasteiger partial charge is 0.393 e. The van der Waals surface area contributed by atoms with E-state index < -0.39 is 0 Å². The second kappa shape index (κ2) is 5.58. The van der Waals surface area contributed by atoms with Crippen LogP contribution in [0.4, 0.5) is 0 Å². The molecule has 13 heavy (non-hydrogen) atoms. The van der Waals surface area contributed by atoms with Gasteiger partial charge in [0.25, 0.3) is 0 Å². The predicted molar refractivity (Wildman–Crippen MR) is 54.9 cm³/mol. The molecule has 0 aromatic rings. The molecule has 1 aliphatic heterocycles. The molecule has 3 nitrogen and oxygen atoms in total. The van der Waals surface area contributed by atoms with Gasteiger partial charge in [0.05, 0.1) is 6.10 Å². The fraction of sp³-hybridized carbons (Fsp3) is 1.00. The number of likely N-dealkylation sites (N-methyl/N-ethyl adjacent to an activating group) is 1. The van der Waals surface area contributed by atoms with E-state index in [9.17, 15) is 0 Å². The Labute approximate surface area is 81.3 Å². The van der Waals surface area contributed by atoms with Crippen molar-refractivity contribution >= 4 is 0 Å². The standard InChI is InChI=1S/C10H22N2O/c1-3-11-6-8-12(9-7-11)5-4-10(2)13/h10,13H,3-9H2,1-2H3. The number of nitrogens with zero attached hydrogens (tertiary/aromatic N) is 2. The number of hydrogen-bond acceptors (Lipinski definition) is 3. The third kappa shape index (κ3) is 4.07. The Bertz CT molecular complexity index is 131. The summed E-state index contributed by atoms with van der Waals surface area (Å²) in [6, 6.07) is 0. The van der Waals surface area contributed by atoms with Crippen molar-refractivity contribution in [2.75, 3.05) is 39.3 Å². The van der Waals surface area contributed by atoms with Crippen LogP contribution in [0.1, 0.15) is 20.3 Å². The number of hydrogen-bond donors (Lipinski definition) is 1. The summed E-state index contributed by atoms with van der Waals surface area (Å²) in [6.45, 7) is 11.0. The van der Waals surface area contributed by atoms with Gasteiger partial charge in [-0.25, -0.2) is 0 Å². The van der Waals surface area contributed by atoms with Gasteiger partial charge < -0.3 is 14.9 Å². The monoisotopic (exact) mass is 186 g/mol. The van der Waals surface area contributed by atoms with E-state index >= 15 is 0 Å². The summed E-state index contributed by atoms with van der Waals surface area (Å²) >= 11 is 0. The maximum absolute atomic E-state index is 9.14. The van der Waals surface area contributed by atoms with Crippen molar-refractivity contribution in [2.24, 2.45) is 0 Å². The van der Waals surface area contributed by atoms with Gasteiger partial charge in [-0.1, -0.05) is 6.92 Å². The lowest BCUT2D eigenvalue weighted by Gasteiger charge is -2.34. The fourth-order valence-electron chi connectivity index (χ4n) is 1.70. The topological polar surface area (TPSA) is 26.7 Å². The molecule has 78 valence electrons. The number of piperazine rings is 1. The van der Waals surface area contributed by atoms with Crippen LogP contribution in [0, 0.1) is 0 Å². The zero-order chi connectivity index (χ0) is 9.68. The smallest absolute Gasteiger partial charge is 0.0524 e. The average molecular weight is 186 g/mol. The molecule has 0 bridgehead atoms. The van der Waals surface area contributed by atoms with E-state index in [0.29, 0.717) is 0 Å². The molecule has 1 heterocycles. The van der Waals surface area contributed by atoms with Crippen LogP contribution in [-0.4, -0.2) is 60.3 Å². The Balaban J connectivity index is 2.10. The summed E-state index contributed by atoms with van der Waals surface area (Å²) in [6.07, 6.45) is 0.760. The van der Waals surface area contributed by atoms with Crippen LogP contribution >= 0.6 is 0 Å². The van der Waals surface area contributed by atoms with E-state index in [2.05, 4.69) is 16.7 Å². The molecule has 1 saturated heterocycles. The van der Waals surface area contributed by atoms with E-state index in [0.717, 1.165) is 13.0 Å². The minimum atomic E-state index is -0.149. The quantitative estimate of drug-likeness (QED) is 0.688. The van der Waals surface area contributed by atoms with Crippen LogP contribution in [0.5, 0.6) is 0 Å². The zero-order valence-electron chi connectivity index (χ0n) is 8.87. The average Bonchev–Trinajstić information content (AvgIpc) is 2.15. The van der Waals surface area contributed by atoms with Crippen molar-refractivity contribution in [1.29, 1.82) is 0 Å². The van der Waals surface area contributed by atoms with Crippen LogP contribution in [0.3, 0.4) is 0 Å². The summed E-state index contributed by atoms with van der Waals surface area (Å²) < 4.78 is 0. The second-order valence-electron chi connectivity index (χ2n) is 3.91. The highest BCUT2D eigenvalue weighted by molar-refractivity contribution is 4.71. The van der Waals surface area contributed by atoms with Gasteiger partial charge in [0.1, 0.15) is 0 Å². The molecular formula is C10H22N2O. The van der Waals surface area contributed by atoms with Crippen LogP contribution in [0.15, 0.2) is 0 Å². The first-order valence-electron chi connectivity index (χ1n) is 5.35. The van der Waals surface area contributed by atoms with Crippen molar-refractivity contribution in [1.82, 2.24) is 9.80 Å². The molecule has 0 spiro atoms. The first-order valence-corrected chi connectivity index (χ1v) is 5.35. The van der Waals surface area contributed by atoms with Gasteiger partial charge in [-0.05, 0) is 19.9 Å². The lowest BCUT2D eigenvalue weighted by atomic mass is 10.2. The summed E-state index contributed by atoms with van der Waals surface area (Å²) in [5, 5.41) is 9.14. The molecule has 1 N–H and O–H groups in total. The minimum absolute atomic E-state index is 0.149. The van der Waals surface area contributed by atoms with Gasteiger partial charge in [-0.2, -0.15) is 0 Å². The summed E-state index contributed by atoms with van der Waals surface area (Å²) in [7, 11) is 0. The Kier molecular flexibility index (Phi) is 4.70. The van der Waals surface area contributed by atoms with E-state index in [1.165, 1.54) is 32.7 Å². The van der Waals surface area contributed by atoms with Crippen LogP contribution in [0.2, 0.25) is 0 Å². The first-order chi connectivity index (χ1) is 6.22. The summed E-state index contributed by atoms with van der Waals surface area (Å²) in [4.78, 5) is 4.91. The summed E-state index contributed by atoms with van der Waals surface area (Å²) in [5.74, 6) is 0. The molecule has 0 saturated carbocycles. The molecule has 1 aliphatic rings. The maximum Gasteiger partial charge on any atom is 0.0524 e. The van der Waals surface area contributed by atoms with Gasteiger partial charge in [-0.15, -0.1) is 0 Å². The van der Waals surface area contributed by atoms with Gasteiger partial charge in [0.15, 0.2) is 0 Å². The van der Waals surface area contributed by atoms with E-state index in [1.807, 2.05) is 6.92 Å². The first kappa shape index (κ1) is 11.0. The highest BCUT2D eigenvalue weighted by Crippen LogP contribution is 2.02. The normalized spacial score (nSPS) is 23.3. The number of rotatable bonds is 4. The van der Waals surface area contributed by atoms with E-state index in [1.54, 1.807) is 0 Å². The molecule has 1 fully saturated rings. The van der Waals surface area contributed by atoms with Crippen molar-refractivity contribution < 1.29 is 5.11 Å². The van der Waals surface area contributed by atoms with Crippen LogP contribution in [0.25, 0.3) is 0 Å². The fourth-order valence-corrected chi connectivity index (χ4v) is 1.70. The Morgan fingerprint density at radius 1 is 1.15 bits per heavy atom. The minimum Gasteiger partial charge on any atom is -0.393 e. The van der Waals surface area contributed by atoms with Gasteiger partial charge >= 0.3 is 0 Å². The highest BCUT2D eigenvalue weighted by atomic mass is 16.3. The molecule has 3 heteroatoms. The van der Waals surface area contributed by atoms with Crippen LogP contribution < -0.4 is 0 Å². The Hall–Kier alpha value is -0.120. The molecule has 0 amide bonds. The summed E-state index contributed by atoms with van der Waals surface area (Å²) in [5.41, 5.74) is 0. The van der Waals surface area contributed by atoms with E-state index in [-0.39, 0.29) is 6.10 Å². The molecule has 0 aliphatic carbocycles. The highest BCUT2D eigenvalue weighted by Gasteiger charge is 2.14. The molecular weight excluding hydrogens is 164 g/mol. The van der Waals surface area contributed by atoms with Crippen molar-refractivity contribution in [3.8, 4) is 0 Å². The Morgan fingerprint density at radius 3 is 2.15 bits per heavy atom. The molecule has 1 rings (SSSR count). The van der Waals surface area contributed by atoms with Crippen molar-refractivity contribution in [3.05, 3.63) is 0 Å². The molecule has 1 atom stereocenters. The number of aliphatic hydroxyl groups is 1.